The Balaban J connectivity index is 0.000000157. The molecular weight excluding hydrogens is 1920 g/mol. The molecule has 8 aliphatic heterocycles. The van der Waals surface area contributed by atoms with E-state index in [1.165, 1.54) is 110 Å². The lowest BCUT2D eigenvalue weighted by molar-refractivity contribution is -0.146. The van der Waals surface area contributed by atoms with Gasteiger partial charge in [0.25, 0.3) is 0 Å². The molecule has 0 radical (unpaired) electrons. The monoisotopic (exact) mass is 2020 g/mol. The molecule has 0 saturated carbocycles. The summed E-state index contributed by atoms with van der Waals surface area (Å²) in [6.07, 6.45) is -23.3. The van der Waals surface area contributed by atoms with Crippen LogP contribution in [0.25, 0.3) is 43.6 Å². The number of hydrogen-bond acceptors (Lipinski definition) is 26. The third kappa shape index (κ3) is 21.4. The minimum Gasteiger partial charge on any atom is -0.483 e. The number of carbonyl (C=O) groups is 8. The van der Waals surface area contributed by atoms with E-state index in [9.17, 15) is 101 Å². The van der Waals surface area contributed by atoms with Gasteiger partial charge in [0.15, 0.2) is 0 Å². The highest BCUT2D eigenvalue weighted by molar-refractivity contribution is 6.23. The Labute approximate surface area is 805 Å². The summed E-state index contributed by atoms with van der Waals surface area (Å²) in [7, 11) is 4.84. The zero-order valence-electron chi connectivity index (χ0n) is 80.0. The van der Waals surface area contributed by atoms with Crippen molar-refractivity contribution in [2.45, 2.75) is 279 Å². The molecule has 760 valence electrons. The number of carbonyl (C=O) groups excluding carboxylic acids is 8. The van der Waals surface area contributed by atoms with Crippen molar-refractivity contribution in [3.8, 4) is 23.0 Å². The number of alkyl halides is 14. The second-order valence-electron chi connectivity index (χ2n) is 39.9. The van der Waals surface area contributed by atoms with Crippen molar-refractivity contribution in [1.29, 1.82) is 0 Å². The van der Waals surface area contributed by atoms with Crippen LogP contribution in [0.5, 0.6) is 23.0 Å². The molecule has 0 bridgehead atoms. The number of aliphatic hydroxyl groups is 2. The fraction of sp³-hybridized carbons (Fsp3) is 0.542. The number of hydrogen-bond donors (Lipinski definition) is 2. The van der Waals surface area contributed by atoms with Crippen molar-refractivity contribution in [2.75, 3.05) is 54.6 Å². The number of nitrogens with zero attached hydrogens (tertiary/aromatic N) is 8. The van der Waals surface area contributed by atoms with Crippen molar-refractivity contribution in [2.24, 2.45) is 0 Å². The Morgan fingerprint density at radius 2 is 0.521 bits per heavy atom. The molecule has 8 aromatic rings. The number of aryl methyl sites for hydroxylation is 4. The molecule has 8 aliphatic rings. The highest BCUT2D eigenvalue weighted by atomic mass is 35.5. The Hall–Kier alpha value is -11.7. The largest absolute Gasteiger partial charge is 0.483 e. The number of pyridine rings is 4. The van der Waals surface area contributed by atoms with Crippen LogP contribution in [-0.4, -0.2) is 222 Å². The lowest BCUT2D eigenvalue weighted by Crippen LogP contribution is -2.46. The van der Waals surface area contributed by atoms with E-state index in [-0.39, 0.29) is 178 Å². The van der Waals surface area contributed by atoms with Crippen LogP contribution in [0.15, 0.2) is 72.8 Å². The first-order chi connectivity index (χ1) is 64.6. The second-order valence-corrected chi connectivity index (χ2v) is 40.9. The summed E-state index contributed by atoms with van der Waals surface area (Å²) in [5, 5.41) is 21.6. The molecule has 44 heteroatoms. The minimum absolute atomic E-state index is 0.00941. The number of aliphatic hydroxyl groups excluding tert-OH is 2. The highest BCUT2D eigenvalue weighted by Crippen LogP contribution is 2.58. The first-order valence-electron chi connectivity index (χ1n) is 44.3. The number of esters is 4. The summed E-state index contributed by atoms with van der Waals surface area (Å²) in [6, 6.07) is 11.0. The molecular formula is C96H106Cl2F12N8O22. The third-order valence-corrected chi connectivity index (χ3v) is 25.5. The van der Waals surface area contributed by atoms with Crippen molar-refractivity contribution >= 4 is 115 Å². The van der Waals surface area contributed by atoms with Crippen molar-refractivity contribution in [1.82, 2.24) is 39.5 Å². The molecule has 4 aromatic heterocycles. The lowest BCUT2D eigenvalue weighted by Gasteiger charge is -2.39. The third-order valence-electron chi connectivity index (χ3n) is 24.7. The highest BCUT2D eigenvalue weighted by Gasteiger charge is 2.61. The van der Waals surface area contributed by atoms with Gasteiger partial charge in [-0.25, -0.2) is 58.3 Å². The van der Waals surface area contributed by atoms with Crippen LogP contribution >= 0.6 is 23.2 Å². The molecule has 140 heavy (non-hydrogen) atoms. The predicted molar refractivity (Wildman–Crippen MR) is 478 cm³/mol. The topological polar surface area (TPSA) is 352 Å². The quantitative estimate of drug-likeness (QED) is 0.0715. The van der Waals surface area contributed by atoms with Gasteiger partial charge in [0.1, 0.15) is 92.0 Å². The van der Waals surface area contributed by atoms with E-state index in [2.05, 4.69) is 19.9 Å². The van der Waals surface area contributed by atoms with Gasteiger partial charge in [-0.2, -0.15) is 52.7 Å². The van der Waals surface area contributed by atoms with E-state index in [1.54, 1.807) is 96.9 Å². The predicted octanol–water partition coefficient (Wildman–Crippen LogP) is 19.7. The Kier molecular flexibility index (Phi) is 28.4. The maximum Gasteiger partial charge on any atom is 0.418 e. The standard InChI is InChI=1S/2C24H26ClF3N2O5.2C24H27F3N2O6/c2*1-12-19-17(13-7-6-8-14(18(13)29-12)24(26,27)28)15(25)9-23(34-19)10-16(20(31)33-5)30(11-23)21(32)35-22(2,3)4;2*1-12-19-17(13-7-6-8-14(18(13)28-12)24(25,26)27)16(30)10-23(34-19)9-15(20(31)33-5)29(11-23)21(32)35-22(2,3)4/h2*6-8,15-16H,9-11H2,1-5H3;2*6-8,15-16,30H,9-11H2,1-5H3/t15?,16-,23+;15?,16-,23-;15-,16?,23+;15-,16?,23-/m0000/s1. The van der Waals surface area contributed by atoms with Crippen LogP contribution in [0.2, 0.25) is 0 Å². The van der Waals surface area contributed by atoms with E-state index in [0.717, 1.165) is 24.3 Å². The maximum atomic E-state index is 13.6. The molecule has 2 N–H and O–H groups in total. The summed E-state index contributed by atoms with van der Waals surface area (Å²) < 4.78 is 230. The fourth-order valence-electron chi connectivity index (χ4n) is 19.3. The molecule has 4 unspecified atom stereocenters. The summed E-state index contributed by atoms with van der Waals surface area (Å²) in [4.78, 5) is 123. The Morgan fingerprint density at radius 3 is 0.714 bits per heavy atom. The summed E-state index contributed by atoms with van der Waals surface area (Å²) >= 11 is 13.6. The summed E-state index contributed by atoms with van der Waals surface area (Å²) in [6.45, 7) is 26.3. The van der Waals surface area contributed by atoms with Gasteiger partial charge >= 0.3 is 73.0 Å². The van der Waals surface area contributed by atoms with Crippen molar-refractivity contribution in [3.63, 3.8) is 0 Å². The molecule has 4 spiro atoms. The first kappa shape index (κ1) is 106. The molecule has 4 amide bonds. The van der Waals surface area contributed by atoms with Gasteiger partial charge in [-0.05, 0) is 135 Å². The number of methoxy groups -OCH3 is 4. The molecule has 16 rings (SSSR count). The number of ether oxygens (including phenoxy) is 12. The Bertz CT molecular complexity index is 5520. The first-order valence-corrected chi connectivity index (χ1v) is 45.2. The number of aromatic nitrogens is 4. The smallest absolute Gasteiger partial charge is 0.418 e. The van der Waals surface area contributed by atoms with E-state index in [0.29, 0.717) is 11.1 Å². The maximum absolute atomic E-state index is 13.6. The van der Waals surface area contributed by atoms with Crippen LogP contribution in [0.3, 0.4) is 0 Å². The molecule has 4 saturated heterocycles. The minimum atomic E-state index is -4.62. The summed E-state index contributed by atoms with van der Waals surface area (Å²) in [5.74, 6) is -1.78. The van der Waals surface area contributed by atoms with Crippen LogP contribution in [0.1, 0.15) is 225 Å². The number of fused-ring (bicyclic) bond motifs is 12. The van der Waals surface area contributed by atoms with Gasteiger partial charge in [0, 0.05) is 95.2 Å². The molecule has 12 atom stereocenters. The number of halogens is 14. The zero-order valence-corrected chi connectivity index (χ0v) is 81.5. The van der Waals surface area contributed by atoms with Crippen molar-refractivity contribution < 1.29 is 158 Å². The molecule has 0 aliphatic carbocycles. The van der Waals surface area contributed by atoms with Crippen LogP contribution in [0, 0.1) is 27.7 Å². The van der Waals surface area contributed by atoms with Gasteiger partial charge < -0.3 is 67.1 Å². The SMILES string of the molecule is COC(=O)[C@@H]1C[C@@]2(CC(Cl)c3c(c(C)nc4c(C(F)(F)F)cccc34)O2)CN1C(=O)OC(C)(C)C.COC(=O)[C@@H]1C[C@@]2(CC(O)c3c(c(C)nc4c(C(F)(F)F)cccc34)O2)CN1C(=O)OC(C)(C)C.COC(=O)[C@@H]1C[C@]2(CC(Cl)c3c(c(C)nc4c(C(F)(F)F)cccc34)O2)CN1C(=O)OC(C)(C)C.COC(=O)[C@@H]1C[C@]2(CC(O)c3c(c(C)nc4c(C(F)(F)F)cccc34)O2)CN1C(=O)OC(C)(C)C. The molecule has 30 nitrogen and oxygen atoms in total. The second kappa shape index (κ2) is 37.7. The van der Waals surface area contributed by atoms with Gasteiger partial charge in [-0.15, -0.1) is 23.2 Å². The van der Waals surface area contributed by atoms with E-state index in [4.69, 9.17) is 80.0 Å². The normalized spacial score (nSPS) is 24.3. The van der Waals surface area contributed by atoms with Gasteiger partial charge in [-0.1, -0.05) is 48.5 Å². The van der Waals surface area contributed by atoms with Crippen LogP contribution in [-0.2, 0) is 81.8 Å². The number of benzene rings is 4. The number of amides is 4. The van der Waals surface area contributed by atoms with Gasteiger partial charge in [0.2, 0.25) is 0 Å². The van der Waals surface area contributed by atoms with E-state index >= 15 is 0 Å². The van der Waals surface area contributed by atoms with Crippen LogP contribution < -0.4 is 18.9 Å². The van der Waals surface area contributed by atoms with E-state index in [1.807, 2.05) is 0 Å². The molecule has 4 aromatic carbocycles. The average Bonchev–Trinajstić information content (AvgIpc) is 1.47. The summed E-state index contributed by atoms with van der Waals surface area (Å²) in [5.41, 5.74) is -10.2. The number of para-hydroxylation sites is 4. The average molecular weight is 2020 g/mol. The zero-order chi connectivity index (χ0) is 104. The van der Waals surface area contributed by atoms with Gasteiger partial charge in [0.05, 0.1) is 145 Å². The molecule has 4 fully saturated rings. The van der Waals surface area contributed by atoms with Crippen molar-refractivity contribution in [3.05, 3.63) is 140 Å². The van der Waals surface area contributed by atoms with Crippen LogP contribution in [0.4, 0.5) is 71.9 Å². The number of likely N-dealkylation sites (tertiary alicyclic amines) is 4. The Morgan fingerprint density at radius 1 is 0.329 bits per heavy atom. The lowest BCUT2D eigenvalue weighted by atomic mass is 9.85. The van der Waals surface area contributed by atoms with Gasteiger partial charge in [-0.3, -0.25) is 19.6 Å². The fourth-order valence-corrected chi connectivity index (χ4v) is 20.3. The van der Waals surface area contributed by atoms with E-state index < -0.39 is 187 Å². The molecule has 12 heterocycles. The number of rotatable bonds is 4.